The molecule has 0 radical (unpaired) electrons. The molecule has 1 aromatic heterocycles. The minimum Gasteiger partial charge on any atom is -0.468 e. The summed E-state index contributed by atoms with van der Waals surface area (Å²) in [5, 5.41) is 8.61. The molecule has 2 unspecified atom stereocenters. The van der Waals surface area contributed by atoms with Crippen molar-refractivity contribution < 1.29 is 12.8 Å². The molecule has 1 aliphatic rings. The maximum atomic E-state index is 12.5. The number of hydrogen-bond acceptors (Lipinski definition) is 4. The predicted octanol–water partition coefficient (Wildman–Crippen LogP) is 2.29. The summed E-state index contributed by atoms with van der Waals surface area (Å²) in [4.78, 5) is 0.253. The van der Waals surface area contributed by atoms with Crippen LogP contribution in [0.15, 0.2) is 58.0 Å². The third-order valence-electron chi connectivity index (χ3n) is 3.50. The molecule has 4 nitrogen and oxygen atoms in total. The number of nitriles is 1. The molecule has 0 amide bonds. The van der Waals surface area contributed by atoms with E-state index in [1.807, 2.05) is 0 Å². The van der Waals surface area contributed by atoms with Crippen LogP contribution in [0.25, 0.3) is 0 Å². The van der Waals surface area contributed by atoms with Gasteiger partial charge in [-0.15, -0.1) is 0 Å². The summed E-state index contributed by atoms with van der Waals surface area (Å²) in [5.74, 6) is 0.430. The van der Waals surface area contributed by atoms with E-state index in [1.54, 1.807) is 42.5 Å². The van der Waals surface area contributed by atoms with E-state index in [0.717, 1.165) is 0 Å². The molecule has 3 rings (SSSR count). The summed E-state index contributed by atoms with van der Waals surface area (Å²) < 4.78 is 30.2. The summed E-state index contributed by atoms with van der Waals surface area (Å²) >= 11 is 0. The average molecular weight is 273 g/mol. The first-order valence-corrected chi connectivity index (χ1v) is 7.40. The number of benzene rings is 1. The highest BCUT2D eigenvalue weighted by atomic mass is 32.2. The van der Waals surface area contributed by atoms with Crippen molar-refractivity contribution in [3.8, 4) is 6.07 Å². The molecular weight excluding hydrogens is 262 g/mol. The first-order chi connectivity index (χ1) is 9.11. The Hall–Kier alpha value is -2.06. The summed E-state index contributed by atoms with van der Waals surface area (Å²) in [6.45, 7) is 0. The van der Waals surface area contributed by atoms with Gasteiger partial charge < -0.3 is 4.42 Å². The molecule has 2 aromatic rings. The van der Waals surface area contributed by atoms with Crippen molar-refractivity contribution in [3.05, 3.63) is 54.5 Å². The molecule has 19 heavy (non-hydrogen) atoms. The van der Waals surface area contributed by atoms with Crippen LogP contribution in [0.2, 0.25) is 0 Å². The molecule has 1 aromatic carbocycles. The lowest BCUT2D eigenvalue weighted by molar-refractivity contribution is 0.486. The Bertz CT molecular complexity index is 729. The molecular formula is C14H11NO3S. The topological polar surface area (TPSA) is 71.1 Å². The highest BCUT2D eigenvalue weighted by molar-refractivity contribution is 7.92. The van der Waals surface area contributed by atoms with E-state index < -0.39 is 20.5 Å². The quantitative estimate of drug-likeness (QED) is 0.860. The summed E-state index contributed by atoms with van der Waals surface area (Å²) in [5.41, 5.74) is -1.03. The molecule has 5 heteroatoms. The first kappa shape index (κ1) is 12.0. The molecule has 2 atom stereocenters. The first-order valence-electron chi connectivity index (χ1n) is 5.85. The number of sulfone groups is 1. The molecule has 0 N–H and O–H groups in total. The fraction of sp³-hybridized carbons (Fsp3) is 0.214. The van der Waals surface area contributed by atoms with E-state index in [0.29, 0.717) is 5.76 Å². The third kappa shape index (κ3) is 1.68. The average Bonchev–Trinajstić information content (AvgIpc) is 2.96. The van der Waals surface area contributed by atoms with Crippen molar-refractivity contribution in [2.45, 2.75) is 22.0 Å². The Labute approximate surface area is 111 Å². The van der Waals surface area contributed by atoms with Crippen molar-refractivity contribution in [1.82, 2.24) is 0 Å². The lowest BCUT2D eigenvalue weighted by Gasteiger charge is -2.07. The van der Waals surface area contributed by atoms with Crippen molar-refractivity contribution in [3.63, 3.8) is 0 Å². The maximum Gasteiger partial charge on any atom is 0.183 e. The zero-order chi connectivity index (χ0) is 13.5. The fourth-order valence-corrected chi connectivity index (χ4v) is 4.39. The lowest BCUT2D eigenvalue weighted by Crippen LogP contribution is -2.18. The van der Waals surface area contributed by atoms with Crippen molar-refractivity contribution >= 4 is 9.84 Å². The minimum absolute atomic E-state index is 0.253. The number of nitrogens with zero attached hydrogens (tertiary/aromatic N) is 1. The van der Waals surface area contributed by atoms with Gasteiger partial charge >= 0.3 is 0 Å². The Balaban J connectivity index is 2.01. The van der Waals surface area contributed by atoms with Crippen LogP contribution in [0.3, 0.4) is 0 Å². The Kier molecular flexibility index (Phi) is 2.51. The van der Waals surface area contributed by atoms with Gasteiger partial charge in [0, 0.05) is 0 Å². The van der Waals surface area contributed by atoms with E-state index in [-0.39, 0.29) is 11.3 Å². The molecule has 1 fully saturated rings. The second-order valence-electron chi connectivity index (χ2n) is 4.61. The van der Waals surface area contributed by atoms with Crippen LogP contribution < -0.4 is 0 Å². The minimum atomic E-state index is -3.49. The van der Waals surface area contributed by atoms with Gasteiger partial charge in [0.15, 0.2) is 9.84 Å². The molecule has 0 spiro atoms. The van der Waals surface area contributed by atoms with Gasteiger partial charge in [-0.2, -0.15) is 5.26 Å². The monoisotopic (exact) mass is 273 g/mol. The number of furan rings is 1. The zero-order valence-corrected chi connectivity index (χ0v) is 10.8. The largest absolute Gasteiger partial charge is 0.468 e. The van der Waals surface area contributed by atoms with Gasteiger partial charge in [-0.3, -0.25) is 0 Å². The van der Waals surface area contributed by atoms with E-state index >= 15 is 0 Å². The van der Waals surface area contributed by atoms with Gasteiger partial charge in [0.05, 0.1) is 22.5 Å². The van der Waals surface area contributed by atoms with E-state index in [9.17, 15) is 13.7 Å². The maximum absolute atomic E-state index is 12.5. The van der Waals surface area contributed by atoms with Crippen LogP contribution in [-0.4, -0.2) is 13.7 Å². The molecule has 0 saturated heterocycles. The molecule has 0 bridgehead atoms. The molecule has 1 aliphatic carbocycles. The predicted molar refractivity (Wildman–Crippen MR) is 68.0 cm³/mol. The fourth-order valence-electron chi connectivity index (χ4n) is 2.35. The van der Waals surface area contributed by atoms with Crippen molar-refractivity contribution in [2.75, 3.05) is 0 Å². The van der Waals surface area contributed by atoms with Gasteiger partial charge in [-0.25, -0.2) is 8.42 Å². The summed E-state index contributed by atoms with van der Waals surface area (Å²) in [7, 11) is -3.49. The number of rotatable bonds is 3. The van der Waals surface area contributed by atoms with E-state index in [2.05, 4.69) is 6.07 Å². The van der Waals surface area contributed by atoms with Gasteiger partial charge in [0.2, 0.25) is 0 Å². The van der Waals surface area contributed by atoms with Crippen LogP contribution in [0.5, 0.6) is 0 Å². The smallest absolute Gasteiger partial charge is 0.183 e. The number of hydrogen-bond donors (Lipinski definition) is 0. The van der Waals surface area contributed by atoms with Gasteiger partial charge in [-0.1, -0.05) is 18.2 Å². The molecule has 1 heterocycles. The Morgan fingerprint density at radius 2 is 1.95 bits per heavy atom. The van der Waals surface area contributed by atoms with Gasteiger partial charge in [0.1, 0.15) is 11.2 Å². The Morgan fingerprint density at radius 1 is 1.21 bits per heavy atom. The molecule has 96 valence electrons. The van der Waals surface area contributed by atoms with Crippen molar-refractivity contribution in [2.24, 2.45) is 0 Å². The van der Waals surface area contributed by atoms with E-state index in [1.165, 1.54) is 6.26 Å². The second-order valence-corrected chi connectivity index (χ2v) is 6.74. The zero-order valence-electron chi connectivity index (χ0n) is 9.98. The van der Waals surface area contributed by atoms with Crippen molar-refractivity contribution in [1.29, 1.82) is 5.26 Å². The van der Waals surface area contributed by atoms with Crippen LogP contribution in [-0.2, 0) is 15.3 Å². The second kappa shape index (κ2) is 3.97. The van der Waals surface area contributed by atoms with Crippen LogP contribution in [0.4, 0.5) is 0 Å². The van der Waals surface area contributed by atoms with Crippen LogP contribution >= 0.6 is 0 Å². The lowest BCUT2D eigenvalue weighted by atomic mass is 10.1. The highest BCUT2D eigenvalue weighted by Gasteiger charge is 2.65. The van der Waals surface area contributed by atoms with E-state index in [4.69, 9.17) is 4.42 Å². The standard InChI is InChI=1S/C14H11NO3S/c15-10-14(12-7-4-8-18-12)9-13(14)19(16,17)11-5-2-1-3-6-11/h1-8,13H,9H2. The summed E-state index contributed by atoms with van der Waals surface area (Å²) in [6.07, 6.45) is 1.74. The normalized spacial score (nSPS) is 25.7. The SMILES string of the molecule is N#CC1(c2ccco2)CC1S(=O)(=O)c1ccccc1. The van der Waals surface area contributed by atoms with Crippen LogP contribution in [0.1, 0.15) is 12.2 Å². The highest BCUT2D eigenvalue weighted by Crippen LogP contribution is 2.53. The van der Waals surface area contributed by atoms with Gasteiger partial charge in [-0.05, 0) is 30.7 Å². The molecule has 1 saturated carbocycles. The molecule has 0 aliphatic heterocycles. The summed E-state index contributed by atoms with van der Waals surface area (Å²) in [6, 6.07) is 13.7. The Morgan fingerprint density at radius 3 is 2.53 bits per heavy atom. The van der Waals surface area contributed by atoms with Crippen LogP contribution in [0, 0.1) is 11.3 Å². The third-order valence-corrected chi connectivity index (χ3v) is 5.75. The van der Waals surface area contributed by atoms with Gasteiger partial charge in [0.25, 0.3) is 0 Å².